The van der Waals surface area contributed by atoms with E-state index in [0.29, 0.717) is 24.1 Å². The average molecular weight is 384 g/mol. The average Bonchev–Trinajstić information content (AvgIpc) is 3.26. The maximum atomic E-state index is 13.4. The van der Waals surface area contributed by atoms with Gasteiger partial charge in [-0.3, -0.25) is 9.59 Å². The lowest BCUT2D eigenvalue weighted by molar-refractivity contribution is -0.122. The zero-order chi connectivity index (χ0) is 19.3. The van der Waals surface area contributed by atoms with Gasteiger partial charge in [0.1, 0.15) is 11.7 Å². The third-order valence-electron chi connectivity index (χ3n) is 5.96. The molecule has 5 nitrogen and oxygen atoms in total. The topological polar surface area (TPSA) is 76.3 Å². The fourth-order valence-corrected chi connectivity index (χ4v) is 5.74. The van der Waals surface area contributed by atoms with Crippen LogP contribution in [-0.2, 0) is 4.79 Å². The van der Waals surface area contributed by atoms with Crippen LogP contribution in [0.4, 0.5) is 0 Å². The summed E-state index contributed by atoms with van der Waals surface area (Å²) in [6.45, 7) is 6.76. The summed E-state index contributed by atoms with van der Waals surface area (Å²) < 4.78 is 0. The van der Waals surface area contributed by atoms with E-state index in [-0.39, 0.29) is 11.8 Å². The standard InChI is InChI=1S/C21H25N3O2S/c1-11-4-6-14(7-5-11)19-17(23-13(3)27-19)21(26)24-10-15-8-12(2)9-16(15)18(24)20(22)25/h4-7,12,15-16,18H,8-10H2,1-3H3,(H2,22,25)/t12?,15-,16-,18-/m0/s1. The van der Waals surface area contributed by atoms with Crippen LogP contribution in [-0.4, -0.2) is 34.3 Å². The van der Waals surface area contributed by atoms with Crippen molar-refractivity contribution in [2.45, 2.75) is 39.7 Å². The molecule has 4 atom stereocenters. The monoisotopic (exact) mass is 383 g/mol. The number of rotatable bonds is 3. The van der Waals surface area contributed by atoms with Crippen molar-refractivity contribution in [2.75, 3.05) is 6.54 Å². The predicted octanol–water partition coefficient (Wildman–Crippen LogP) is 3.40. The van der Waals surface area contributed by atoms with Gasteiger partial charge in [0.25, 0.3) is 5.91 Å². The van der Waals surface area contributed by atoms with E-state index in [4.69, 9.17) is 5.73 Å². The van der Waals surface area contributed by atoms with Crippen molar-refractivity contribution >= 4 is 23.2 Å². The number of hydrogen-bond donors (Lipinski definition) is 1. The highest BCUT2D eigenvalue weighted by Crippen LogP contribution is 2.45. The molecule has 1 aromatic carbocycles. The van der Waals surface area contributed by atoms with Gasteiger partial charge in [-0.25, -0.2) is 4.98 Å². The highest BCUT2D eigenvalue weighted by molar-refractivity contribution is 7.15. The molecule has 2 heterocycles. The molecule has 1 aliphatic carbocycles. The molecule has 2 amide bonds. The van der Waals surface area contributed by atoms with Crippen molar-refractivity contribution in [3.8, 4) is 10.4 Å². The van der Waals surface area contributed by atoms with Crippen LogP contribution >= 0.6 is 11.3 Å². The second-order valence-corrected chi connectivity index (χ2v) is 9.29. The second-order valence-electron chi connectivity index (χ2n) is 8.08. The van der Waals surface area contributed by atoms with E-state index in [1.807, 2.05) is 38.1 Å². The normalized spacial score (nSPS) is 27.0. The Bertz CT molecular complexity index is 889. The number of benzene rings is 1. The second kappa shape index (κ2) is 6.75. The molecule has 4 rings (SSSR count). The highest BCUT2D eigenvalue weighted by Gasteiger charge is 2.51. The molecular formula is C21H25N3O2S. The largest absolute Gasteiger partial charge is 0.368 e. The van der Waals surface area contributed by atoms with Crippen LogP contribution in [0.1, 0.15) is 40.8 Å². The number of fused-ring (bicyclic) bond motifs is 1. The quantitative estimate of drug-likeness (QED) is 0.882. The van der Waals surface area contributed by atoms with Gasteiger partial charge in [0.15, 0.2) is 0 Å². The molecule has 0 radical (unpaired) electrons. The Labute approximate surface area is 163 Å². The van der Waals surface area contributed by atoms with Crippen molar-refractivity contribution < 1.29 is 9.59 Å². The number of carbonyl (C=O) groups excluding carboxylic acids is 2. The number of nitrogens with zero attached hydrogens (tertiary/aromatic N) is 2. The molecule has 1 aliphatic heterocycles. The predicted molar refractivity (Wildman–Crippen MR) is 106 cm³/mol. The van der Waals surface area contributed by atoms with Gasteiger partial charge < -0.3 is 10.6 Å². The van der Waals surface area contributed by atoms with Crippen LogP contribution < -0.4 is 5.73 Å². The number of aryl methyl sites for hydroxylation is 2. The van der Waals surface area contributed by atoms with Crippen LogP contribution in [0, 0.1) is 31.6 Å². The Kier molecular flexibility index (Phi) is 4.54. The highest BCUT2D eigenvalue weighted by atomic mass is 32.1. The molecule has 6 heteroatoms. The van der Waals surface area contributed by atoms with Crippen molar-refractivity contribution in [1.29, 1.82) is 0 Å². The molecule has 1 saturated heterocycles. The van der Waals surface area contributed by atoms with Crippen LogP contribution in [0.15, 0.2) is 24.3 Å². The number of likely N-dealkylation sites (tertiary alicyclic amines) is 1. The van der Waals surface area contributed by atoms with Crippen LogP contribution in [0.3, 0.4) is 0 Å². The summed E-state index contributed by atoms with van der Waals surface area (Å²) in [5.74, 6) is 0.575. The minimum atomic E-state index is -0.514. The number of hydrogen-bond acceptors (Lipinski definition) is 4. The Balaban J connectivity index is 1.69. The van der Waals surface area contributed by atoms with E-state index in [1.165, 1.54) is 16.9 Å². The Morgan fingerprint density at radius 1 is 1.19 bits per heavy atom. The Morgan fingerprint density at radius 2 is 1.89 bits per heavy atom. The summed E-state index contributed by atoms with van der Waals surface area (Å²) in [6.07, 6.45) is 2.02. The van der Waals surface area contributed by atoms with Gasteiger partial charge in [0.05, 0.1) is 9.88 Å². The summed E-state index contributed by atoms with van der Waals surface area (Å²) in [6, 6.07) is 7.59. The number of nitrogens with two attached hydrogens (primary N) is 1. The summed E-state index contributed by atoms with van der Waals surface area (Å²) in [4.78, 5) is 32.7. The molecule has 1 aromatic heterocycles. The summed E-state index contributed by atoms with van der Waals surface area (Å²) in [5, 5.41) is 0.845. The molecule has 2 aliphatic rings. The zero-order valence-corrected chi connectivity index (χ0v) is 16.8. The first-order chi connectivity index (χ1) is 12.8. The van der Waals surface area contributed by atoms with Gasteiger partial charge in [-0.15, -0.1) is 11.3 Å². The van der Waals surface area contributed by atoms with Gasteiger partial charge in [0.2, 0.25) is 5.91 Å². The third-order valence-corrected chi connectivity index (χ3v) is 6.98. The van der Waals surface area contributed by atoms with Crippen molar-refractivity contribution in [3.05, 3.63) is 40.5 Å². The van der Waals surface area contributed by atoms with E-state index in [9.17, 15) is 9.59 Å². The Hall–Kier alpha value is -2.21. The van der Waals surface area contributed by atoms with Gasteiger partial charge in [0, 0.05) is 6.54 Å². The smallest absolute Gasteiger partial charge is 0.274 e. The SMILES string of the molecule is Cc1ccc(-c2sc(C)nc2C(=O)N2C[C@@H]3CC(C)C[C@@H]3[C@H]2C(N)=O)cc1. The lowest BCUT2D eigenvalue weighted by Crippen LogP contribution is -2.46. The maximum Gasteiger partial charge on any atom is 0.274 e. The summed E-state index contributed by atoms with van der Waals surface area (Å²) in [7, 11) is 0. The number of amides is 2. The van der Waals surface area contributed by atoms with Gasteiger partial charge in [-0.2, -0.15) is 0 Å². The first kappa shape index (κ1) is 18.2. The van der Waals surface area contributed by atoms with Crippen LogP contribution in [0.5, 0.6) is 0 Å². The first-order valence-electron chi connectivity index (χ1n) is 9.50. The minimum absolute atomic E-state index is 0.166. The molecule has 142 valence electrons. The van der Waals surface area contributed by atoms with Crippen molar-refractivity contribution in [2.24, 2.45) is 23.5 Å². The molecule has 2 N–H and O–H groups in total. The molecule has 0 spiro atoms. The lowest BCUT2D eigenvalue weighted by Gasteiger charge is -2.25. The van der Waals surface area contributed by atoms with Gasteiger partial charge in [-0.05, 0) is 50.0 Å². The zero-order valence-electron chi connectivity index (χ0n) is 15.9. The fourth-order valence-electron chi connectivity index (χ4n) is 4.82. The van der Waals surface area contributed by atoms with Gasteiger partial charge in [-0.1, -0.05) is 36.8 Å². The van der Waals surface area contributed by atoms with Crippen molar-refractivity contribution in [1.82, 2.24) is 9.88 Å². The van der Waals surface area contributed by atoms with Crippen molar-refractivity contribution in [3.63, 3.8) is 0 Å². The van der Waals surface area contributed by atoms with E-state index < -0.39 is 11.9 Å². The summed E-state index contributed by atoms with van der Waals surface area (Å²) >= 11 is 1.52. The molecule has 2 fully saturated rings. The van der Waals surface area contributed by atoms with Gasteiger partial charge >= 0.3 is 0 Å². The fraction of sp³-hybridized carbons (Fsp3) is 0.476. The molecule has 1 saturated carbocycles. The lowest BCUT2D eigenvalue weighted by atomic mass is 9.93. The van der Waals surface area contributed by atoms with E-state index in [2.05, 4.69) is 11.9 Å². The first-order valence-corrected chi connectivity index (χ1v) is 10.3. The van der Waals surface area contributed by atoms with E-state index >= 15 is 0 Å². The molecule has 0 bridgehead atoms. The van der Waals surface area contributed by atoms with Crippen LogP contribution in [0.2, 0.25) is 0 Å². The summed E-state index contributed by atoms with van der Waals surface area (Å²) in [5.41, 5.74) is 8.32. The third kappa shape index (κ3) is 3.16. The molecule has 2 aromatic rings. The Morgan fingerprint density at radius 3 is 2.56 bits per heavy atom. The van der Waals surface area contributed by atoms with Crippen LogP contribution in [0.25, 0.3) is 10.4 Å². The molecule has 1 unspecified atom stereocenters. The molecule has 27 heavy (non-hydrogen) atoms. The number of primary amides is 1. The minimum Gasteiger partial charge on any atom is -0.368 e. The van der Waals surface area contributed by atoms with E-state index in [1.54, 1.807) is 4.90 Å². The maximum absolute atomic E-state index is 13.4. The number of aromatic nitrogens is 1. The molecular weight excluding hydrogens is 358 g/mol. The van der Waals surface area contributed by atoms with E-state index in [0.717, 1.165) is 28.3 Å². The number of thiazole rings is 1. The number of carbonyl (C=O) groups is 2.